The molecule has 0 saturated carbocycles. The molecule has 0 radical (unpaired) electrons. The molecule has 0 saturated heterocycles. The number of alkyl halides is 3. The lowest BCUT2D eigenvalue weighted by Gasteiger charge is -2.18. The summed E-state index contributed by atoms with van der Waals surface area (Å²) in [6.45, 7) is 2.34. The van der Waals surface area contributed by atoms with E-state index in [9.17, 15) is 13.2 Å². The molecule has 1 aromatic carbocycles. The van der Waals surface area contributed by atoms with Crippen molar-refractivity contribution in [1.82, 2.24) is 0 Å². The molecule has 1 aromatic rings. The molecule has 0 aromatic heterocycles. The minimum Gasteiger partial charge on any atom is -0.383 e. The van der Waals surface area contributed by atoms with E-state index in [1.807, 2.05) is 6.92 Å². The summed E-state index contributed by atoms with van der Waals surface area (Å²) in [7, 11) is 1.55. The van der Waals surface area contributed by atoms with Crippen molar-refractivity contribution in [1.29, 1.82) is 0 Å². The number of anilines is 1. The Hall–Kier alpha value is -0.940. The van der Waals surface area contributed by atoms with Crippen molar-refractivity contribution in [2.75, 3.05) is 19.0 Å². The van der Waals surface area contributed by atoms with Crippen LogP contribution < -0.4 is 5.32 Å². The Labute approximate surface area is 109 Å². The molecule has 0 aliphatic heterocycles. The summed E-state index contributed by atoms with van der Waals surface area (Å²) >= 11 is 5.69. The van der Waals surface area contributed by atoms with E-state index in [0.29, 0.717) is 12.3 Å². The van der Waals surface area contributed by atoms with E-state index in [1.54, 1.807) is 7.11 Å². The SMILES string of the molecule is CCC(COC)Nc1cc(Cl)cc(C(F)(F)F)c1. The molecule has 0 bridgehead atoms. The quantitative estimate of drug-likeness (QED) is 0.873. The zero-order chi connectivity index (χ0) is 13.8. The summed E-state index contributed by atoms with van der Waals surface area (Å²) < 4.78 is 42.8. The summed E-state index contributed by atoms with van der Waals surface area (Å²) in [5, 5.41) is 3.03. The molecule has 102 valence electrons. The van der Waals surface area contributed by atoms with E-state index in [4.69, 9.17) is 16.3 Å². The van der Waals surface area contributed by atoms with Crippen LogP contribution in [0.3, 0.4) is 0 Å². The lowest BCUT2D eigenvalue weighted by Crippen LogP contribution is -2.24. The van der Waals surface area contributed by atoms with Gasteiger partial charge in [0.15, 0.2) is 0 Å². The first-order valence-corrected chi connectivity index (χ1v) is 5.88. The standard InChI is InChI=1S/C12H15ClF3NO/c1-3-10(7-18-2)17-11-5-8(12(14,15)16)4-9(13)6-11/h4-6,10,17H,3,7H2,1-2H3. The fourth-order valence-electron chi connectivity index (χ4n) is 1.54. The van der Waals surface area contributed by atoms with Crippen LogP contribution in [-0.4, -0.2) is 19.8 Å². The maximum absolute atomic E-state index is 12.6. The number of benzene rings is 1. The van der Waals surface area contributed by atoms with E-state index >= 15 is 0 Å². The predicted molar refractivity (Wildman–Crippen MR) is 66.0 cm³/mol. The minimum atomic E-state index is -4.40. The van der Waals surface area contributed by atoms with Crippen molar-refractivity contribution >= 4 is 17.3 Å². The van der Waals surface area contributed by atoms with Crippen molar-refractivity contribution < 1.29 is 17.9 Å². The highest BCUT2D eigenvalue weighted by molar-refractivity contribution is 6.30. The smallest absolute Gasteiger partial charge is 0.383 e. The highest BCUT2D eigenvalue weighted by Gasteiger charge is 2.31. The van der Waals surface area contributed by atoms with Gasteiger partial charge in [-0.2, -0.15) is 13.2 Å². The molecule has 1 unspecified atom stereocenters. The minimum absolute atomic E-state index is 0.0467. The van der Waals surface area contributed by atoms with Crippen molar-refractivity contribution in [3.8, 4) is 0 Å². The monoisotopic (exact) mass is 281 g/mol. The maximum Gasteiger partial charge on any atom is 0.416 e. The van der Waals surface area contributed by atoms with E-state index in [0.717, 1.165) is 18.6 Å². The second-order valence-corrected chi connectivity index (χ2v) is 4.37. The molecule has 1 rings (SSSR count). The van der Waals surface area contributed by atoms with Gasteiger partial charge in [-0.25, -0.2) is 0 Å². The van der Waals surface area contributed by atoms with Crippen molar-refractivity contribution in [2.45, 2.75) is 25.6 Å². The Morgan fingerprint density at radius 2 is 2.00 bits per heavy atom. The number of halogens is 4. The zero-order valence-electron chi connectivity index (χ0n) is 10.1. The van der Waals surface area contributed by atoms with Gasteiger partial charge >= 0.3 is 6.18 Å². The molecule has 1 atom stereocenters. The molecule has 0 aliphatic rings. The Morgan fingerprint density at radius 1 is 1.33 bits per heavy atom. The van der Waals surface area contributed by atoms with Gasteiger partial charge in [-0.3, -0.25) is 0 Å². The number of rotatable bonds is 5. The van der Waals surface area contributed by atoms with E-state index in [2.05, 4.69) is 5.32 Å². The molecule has 0 aliphatic carbocycles. The van der Waals surface area contributed by atoms with Gasteiger partial charge in [0.25, 0.3) is 0 Å². The lowest BCUT2D eigenvalue weighted by molar-refractivity contribution is -0.137. The molecule has 6 heteroatoms. The van der Waals surface area contributed by atoms with Crippen LogP contribution in [0.2, 0.25) is 5.02 Å². The molecule has 1 N–H and O–H groups in total. The average molecular weight is 282 g/mol. The van der Waals surface area contributed by atoms with E-state index in [-0.39, 0.29) is 11.1 Å². The van der Waals surface area contributed by atoms with Gasteiger partial charge in [-0.05, 0) is 24.6 Å². The third-order valence-corrected chi connectivity index (χ3v) is 2.67. The van der Waals surface area contributed by atoms with Gasteiger partial charge < -0.3 is 10.1 Å². The van der Waals surface area contributed by atoms with Crippen LogP contribution in [-0.2, 0) is 10.9 Å². The predicted octanol–water partition coefficient (Wildman–Crippen LogP) is 4.20. The van der Waals surface area contributed by atoms with Crippen LogP contribution in [0.4, 0.5) is 18.9 Å². The summed E-state index contributed by atoms with van der Waals surface area (Å²) in [6.07, 6.45) is -3.66. The van der Waals surface area contributed by atoms with Crippen LogP contribution in [0.25, 0.3) is 0 Å². The summed E-state index contributed by atoms with van der Waals surface area (Å²) in [4.78, 5) is 0. The number of hydrogen-bond acceptors (Lipinski definition) is 2. The molecule has 0 fully saturated rings. The van der Waals surface area contributed by atoms with Crippen LogP contribution in [0, 0.1) is 0 Å². The topological polar surface area (TPSA) is 21.3 Å². The van der Waals surface area contributed by atoms with Crippen LogP contribution in [0.5, 0.6) is 0 Å². The third kappa shape index (κ3) is 4.38. The van der Waals surface area contributed by atoms with Gasteiger partial charge in [0.2, 0.25) is 0 Å². The fourth-order valence-corrected chi connectivity index (χ4v) is 1.77. The first kappa shape index (κ1) is 15.1. The van der Waals surface area contributed by atoms with E-state index in [1.165, 1.54) is 6.07 Å². The molecule has 0 heterocycles. The van der Waals surface area contributed by atoms with Crippen molar-refractivity contribution in [3.63, 3.8) is 0 Å². The highest BCUT2D eigenvalue weighted by Crippen LogP contribution is 2.33. The van der Waals surface area contributed by atoms with Crippen LogP contribution in [0.1, 0.15) is 18.9 Å². The molecular weight excluding hydrogens is 267 g/mol. The highest BCUT2D eigenvalue weighted by atomic mass is 35.5. The Bertz CT molecular complexity index is 395. The second-order valence-electron chi connectivity index (χ2n) is 3.93. The van der Waals surface area contributed by atoms with Crippen LogP contribution >= 0.6 is 11.6 Å². The Balaban J connectivity index is 2.92. The normalized spacial score (nSPS) is 13.4. The molecule has 2 nitrogen and oxygen atoms in total. The largest absolute Gasteiger partial charge is 0.416 e. The fraction of sp³-hybridized carbons (Fsp3) is 0.500. The summed E-state index contributed by atoms with van der Waals surface area (Å²) in [5.74, 6) is 0. The lowest BCUT2D eigenvalue weighted by atomic mass is 10.1. The van der Waals surface area contributed by atoms with Crippen molar-refractivity contribution in [3.05, 3.63) is 28.8 Å². The Morgan fingerprint density at radius 3 is 2.50 bits per heavy atom. The zero-order valence-corrected chi connectivity index (χ0v) is 10.9. The van der Waals surface area contributed by atoms with Crippen LogP contribution in [0.15, 0.2) is 18.2 Å². The first-order valence-electron chi connectivity index (χ1n) is 5.50. The van der Waals surface area contributed by atoms with Gasteiger partial charge in [0.05, 0.1) is 12.2 Å². The van der Waals surface area contributed by atoms with Crippen molar-refractivity contribution in [2.24, 2.45) is 0 Å². The molecular formula is C12H15ClF3NO. The molecule has 0 spiro atoms. The first-order chi connectivity index (χ1) is 8.36. The van der Waals surface area contributed by atoms with Gasteiger partial charge in [0.1, 0.15) is 0 Å². The maximum atomic E-state index is 12.6. The number of ether oxygens (including phenoxy) is 1. The second kappa shape index (κ2) is 6.29. The van der Waals surface area contributed by atoms with E-state index < -0.39 is 11.7 Å². The summed E-state index contributed by atoms with van der Waals surface area (Å²) in [5.41, 5.74) is -0.413. The van der Waals surface area contributed by atoms with Gasteiger partial charge in [-0.1, -0.05) is 18.5 Å². The van der Waals surface area contributed by atoms with Gasteiger partial charge in [-0.15, -0.1) is 0 Å². The number of hydrogen-bond donors (Lipinski definition) is 1. The third-order valence-electron chi connectivity index (χ3n) is 2.46. The number of nitrogens with one attached hydrogen (secondary N) is 1. The average Bonchev–Trinajstić information content (AvgIpc) is 2.26. The Kier molecular flexibility index (Phi) is 5.28. The summed E-state index contributed by atoms with van der Waals surface area (Å²) in [6, 6.07) is 3.37. The molecule has 18 heavy (non-hydrogen) atoms. The van der Waals surface area contributed by atoms with Gasteiger partial charge in [0, 0.05) is 23.9 Å². The number of methoxy groups -OCH3 is 1. The molecule has 0 amide bonds.